The summed E-state index contributed by atoms with van der Waals surface area (Å²) in [4.78, 5) is 27.3. The lowest BCUT2D eigenvalue weighted by molar-refractivity contribution is -0.142. The molecule has 0 unspecified atom stereocenters. The predicted octanol–water partition coefficient (Wildman–Crippen LogP) is 4.96. The van der Waals surface area contributed by atoms with E-state index in [1.807, 2.05) is 50.2 Å². The summed E-state index contributed by atoms with van der Waals surface area (Å²) >= 11 is 5.98. The number of hydrogen-bond donors (Lipinski definition) is 1. The van der Waals surface area contributed by atoms with Gasteiger partial charge in [0.25, 0.3) is 5.91 Å². The van der Waals surface area contributed by atoms with Gasteiger partial charge < -0.3 is 15.0 Å². The molecule has 6 heteroatoms. The van der Waals surface area contributed by atoms with Crippen LogP contribution in [0.3, 0.4) is 0 Å². The number of ether oxygens (including phenoxy) is 1. The van der Waals surface area contributed by atoms with Crippen molar-refractivity contribution in [1.82, 2.24) is 10.2 Å². The first-order valence-electron chi connectivity index (χ1n) is 10.7. The maximum atomic E-state index is 13.1. The average molecular weight is 445 g/mol. The van der Waals surface area contributed by atoms with Crippen molar-refractivity contribution < 1.29 is 14.3 Å². The molecule has 2 amide bonds. The molecule has 2 aromatic carbocycles. The number of hydrogen-bond acceptors (Lipinski definition) is 3. The molecule has 0 saturated heterocycles. The molecule has 0 radical (unpaired) electrons. The fraction of sp³-hybridized carbons (Fsp3) is 0.440. The summed E-state index contributed by atoms with van der Waals surface area (Å²) in [6.45, 7) is 10.9. The zero-order valence-corrected chi connectivity index (χ0v) is 19.8. The Morgan fingerprint density at radius 3 is 2.16 bits per heavy atom. The molecule has 2 rings (SSSR count). The molecular formula is C25H33ClN2O3. The summed E-state index contributed by atoms with van der Waals surface area (Å²) < 4.78 is 5.76. The van der Waals surface area contributed by atoms with Gasteiger partial charge in [0.1, 0.15) is 11.8 Å². The van der Waals surface area contributed by atoms with Crippen molar-refractivity contribution in [3.8, 4) is 5.75 Å². The first-order valence-corrected chi connectivity index (χ1v) is 11.1. The standard InChI is InChI=1S/C25H33ClN2O3/c1-6-22(24(30)27-7-2)28(16-18-8-12-20(26)13-9-18)23(29)17-31-21-14-10-19(11-15-21)25(3,4)5/h8-15,22H,6-7,16-17H2,1-5H3,(H,27,30)/t22-/m1/s1. The second-order valence-electron chi connectivity index (χ2n) is 8.53. The lowest BCUT2D eigenvalue weighted by Crippen LogP contribution is -2.50. The van der Waals surface area contributed by atoms with Gasteiger partial charge in [0.15, 0.2) is 6.61 Å². The Labute approximate surface area is 190 Å². The van der Waals surface area contributed by atoms with Crippen LogP contribution in [0.1, 0.15) is 52.2 Å². The van der Waals surface area contributed by atoms with E-state index in [1.54, 1.807) is 17.0 Å². The highest BCUT2D eigenvalue weighted by Gasteiger charge is 2.28. The molecule has 5 nitrogen and oxygen atoms in total. The van der Waals surface area contributed by atoms with Crippen molar-refractivity contribution in [2.24, 2.45) is 0 Å². The van der Waals surface area contributed by atoms with Crippen molar-refractivity contribution in [3.05, 3.63) is 64.7 Å². The highest BCUT2D eigenvalue weighted by molar-refractivity contribution is 6.30. The Morgan fingerprint density at radius 1 is 1.03 bits per heavy atom. The second kappa shape index (κ2) is 11.2. The minimum atomic E-state index is -0.574. The summed E-state index contributed by atoms with van der Waals surface area (Å²) in [5.74, 6) is 0.216. The number of amides is 2. The number of carbonyl (C=O) groups is 2. The van der Waals surface area contributed by atoms with Gasteiger partial charge in [0.05, 0.1) is 0 Å². The molecule has 1 N–H and O–H groups in total. The van der Waals surface area contributed by atoms with Gasteiger partial charge in [-0.15, -0.1) is 0 Å². The summed E-state index contributed by atoms with van der Waals surface area (Å²) in [5, 5.41) is 3.45. The molecule has 31 heavy (non-hydrogen) atoms. The zero-order valence-electron chi connectivity index (χ0n) is 19.1. The summed E-state index contributed by atoms with van der Waals surface area (Å²) in [6, 6.07) is 14.5. The Balaban J connectivity index is 2.16. The van der Waals surface area contributed by atoms with E-state index in [2.05, 4.69) is 26.1 Å². The fourth-order valence-corrected chi connectivity index (χ4v) is 3.40. The van der Waals surface area contributed by atoms with Crippen LogP contribution < -0.4 is 10.1 Å². The quantitative estimate of drug-likeness (QED) is 0.594. The normalized spacial score (nSPS) is 12.2. The van der Waals surface area contributed by atoms with Gasteiger partial charge in [-0.2, -0.15) is 0 Å². The Kier molecular flexibility index (Phi) is 8.93. The third-order valence-electron chi connectivity index (χ3n) is 5.09. The van der Waals surface area contributed by atoms with E-state index in [0.29, 0.717) is 30.3 Å². The lowest BCUT2D eigenvalue weighted by atomic mass is 9.87. The van der Waals surface area contributed by atoms with Crippen LogP contribution >= 0.6 is 11.6 Å². The minimum absolute atomic E-state index is 0.0463. The Morgan fingerprint density at radius 2 is 1.65 bits per heavy atom. The summed E-state index contributed by atoms with van der Waals surface area (Å²) in [5.41, 5.74) is 2.14. The van der Waals surface area contributed by atoms with Crippen LogP contribution in [0, 0.1) is 0 Å². The van der Waals surface area contributed by atoms with Gasteiger partial charge in [-0.05, 0) is 54.2 Å². The van der Waals surface area contributed by atoms with Gasteiger partial charge in [-0.3, -0.25) is 9.59 Å². The molecule has 0 aromatic heterocycles. The monoisotopic (exact) mass is 444 g/mol. The first-order chi connectivity index (χ1) is 14.7. The van der Waals surface area contributed by atoms with Crippen molar-refractivity contribution >= 4 is 23.4 Å². The summed E-state index contributed by atoms with van der Waals surface area (Å²) in [7, 11) is 0. The van der Waals surface area contributed by atoms with Crippen molar-refractivity contribution in [2.45, 2.75) is 59.0 Å². The molecule has 0 saturated carbocycles. The van der Waals surface area contributed by atoms with Crippen LogP contribution in [0.2, 0.25) is 5.02 Å². The smallest absolute Gasteiger partial charge is 0.261 e. The number of halogens is 1. The molecule has 0 bridgehead atoms. The van der Waals surface area contributed by atoms with Crippen LogP contribution in [0.5, 0.6) is 5.75 Å². The van der Waals surface area contributed by atoms with Crippen molar-refractivity contribution in [2.75, 3.05) is 13.2 Å². The van der Waals surface area contributed by atoms with E-state index in [4.69, 9.17) is 16.3 Å². The molecule has 0 spiro atoms. The van der Waals surface area contributed by atoms with Crippen LogP contribution in [0.4, 0.5) is 0 Å². The SMILES string of the molecule is CCNC(=O)[C@@H](CC)N(Cc1ccc(Cl)cc1)C(=O)COc1ccc(C(C)(C)C)cc1. The molecule has 1 atom stereocenters. The second-order valence-corrected chi connectivity index (χ2v) is 8.97. The molecule has 0 fully saturated rings. The van der Waals surface area contributed by atoms with Gasteiger partial charge in [-0.25, -0.2) is 0 Å². The largest absolute Gasteiger partial charge is 0.484 e. The van der Waals surface area contributed by atoms with Crippen LogP contribution in [-0.2, 0) is 21.5 Å². The molecule has 168 valence electrons. The maximum Gasteiger partial charge on any atom is 0.261 e. The number of likely N-dealkylation sites (N-methyl/N-ethyl adjacent to an activating group) is 1. The fourth-order valence-electron chi connectivity index (χ4n) is 3.28. The van der Waals surface area contributed by atoms with E-state index < -0.39 is 6.04 Å². The molecule has 0 heterocycles. The van der Waals surface area contributed by atoms with Gasteiger partial charge in [-0.1, -0.05) is 63.6 Å². The topological polar surface area (TPSA) is 58.6 Å². The molecule has 2 aromatic rings. The predicted molar refractivity (Wildman–Crippen MR) is 125 cm³/mol. The van der Waals surface area contributed by atoms with Gasteiger partial charge >= 0.3 is 0 Å². The first kappa shape index (κ1) is 24.7. The van der Waals surface area contributed by atoms with Crippen molar-refractivity contribution in [1.29, 1.82) is 0 Å². The summed E-state index contributed by atoms with van der Waals surface area (Å²) in [6.07, 6.45) is 0.505. The highest BCUT2D eigenvalue weighted by atomic mass is 35.5. The lowest BCUT2D eigenvalue weighted by Gasteiger charge is -2.30. The van der Waals surface area contributed by atoms with E-state index in [0.717, 1.165) is 5.56 Å². The number of nitrogens with one attached hydrogen (secondary N) is 1. The maximum absolute atomic E-state index is 13.1. The third kappa shape index (κ3) is 7.28. The van der Waals surface area contributed by atoms with Crippen molar-refractivity contribution in [3.63, 3.8) is 0 Å². The van der Waals surface area contributed by atoms with Crippen LogP contribution in [0.25, 0.3) is 0 Å². The minimum Gasteiger partial charge on any atom is -0.484 e. The van der Waals surface area contributed by atoms with E-state index in [-0.39, 0.29) is 23.8 Å². The molecule has 0 aliphatic carbocycles. The molecule has 0 aliphatic heterocycles. The average Bonchev–Trinajstić information content (AvgIpc) is 2.73. The molecular weight excluding hydrogens is 412 g/mol. The highest BCUT2D eigenvalue weighted by Crippen LogP contribution is 2.24. The Bertz CT molecular complexity index is 858. The number of rotatable bonds is 9. The van der Waals surface area contributed by atoms with Gasteiger partial charge in [0.2, 0.25) is 5.91 Å². The van der Waals surface area contributed by atoms with Crippen LogP contribution in [-0.4, -0.2) is 35.9 Å². The third-order valence-corrected chi connectivity index (χ3v) is 5.34. The zero-order chi connectivity index (χ0) is 23.0. The number of carbonyl (C=O) groups excluding carboxylic acids is 2. The van der Waals surface area contributed by atoms with Crippen LogP contribution in [0.15, 0.2) is 48.5 Å². The van der Waals surface area contributed by atoms with E-state index >= 15 is 0 Å². The van der Waals surface area contributed by atoms with E-state index in [1.165, 1.54) is 5.56 Å². The Hall–Kier alpha value is -2.53. The number of nitrogens with zero attached hydrogens (tertiary/aromatic N) is 1. The molecule has 0 aliphatic rings. The number of benzene rings is 2. The van der Waals surface area contributed by atoms with Gasteiger partial charge in [0, 0.05) is 18.1 Å². The van der Waals surface area contributed by atoms with E-state index in [9.17, 15) is 9.59 Å².